The van der Waals surface area contributed by atoms with Crippen LogP contribution in [0.2, 0.25) is 0 Å². The number of nitrogens with zero attached hydrogens (tertiary/aromatic N) is 1. The molecule has 0 N–H and O–H groups in total. The molecule has 0 aliphatic rings. The van der Waals surface area contributed by atoms with E-state index < -0.39 is 0 Å². The molecule has 0 unspecified atom stereocenters. The van der Waals surface area contributed by atoms with Gasteiger partial charge in [-0.05, 0) is 54.7 Å². The number of carbonyl (C=O) groups is 1. The van der Waals surface area contributed by atoms with Crippen molar-refractivity contribution in [2.75, 3.05) is 20.2 Å². The summed E-state index contributed by atoms with van der Waals surface area (Å²) in [5, 5.41) is 3.39. The number of furan rings is 1. The first kappa shape index (κ1) is 23.6. The van der Waals surface area contributed by atoms with Crippen LogP contribution in [0.4, 0.5) is 0 Å². The van der Waals surface area contributed by atoms with Gasteiger partial charge in [-0.2, -0.15) is 0 Å². The Morgan fingerprint density at radius 3 is 2.41 bits per heavy atom. The molecule has 0 bridgehead atoms. The van der Waals surface area contributed by atoms with Gasteiger partial charge in [-0.3, -0.25) is 4.79 Å². The predicted octanol–water partition coefficient (Wildman–Crippen LogP) is 7.62. The lowest BCUT2D eigenvalue weighted by Gasteiger charge is -2.20. The lowest BCUT2D eigenvalue weighted by molar-refractivity contribution is -0.126. The fraction of sp³-hybridized carbons (Fsp3) is 0.300. The zero-order valence-corrected chi connectivity index (χ0v) is 20.8. The van der Waals surface area contributed by atoms with E-state index in [1.54, 1.807) is 13.2 Å². The van der Waals surface area contributed by atoms with E-state index in [2.05, 4.69) is 62.4 Å². The van der Waals surface area contributed by atoms with Gasteiger partial charge in [0.15, 0.2) is 0 Å². The molecule has 1 aromatic heterocycles. The van der Waals surface area contributed by atoms with E-state index in [1.807, 2.05) is 25.0 Å². The number of aryl methyl sites for hydroxylation is 1. The van der Waals surface area contributed by atoms with Crippen LogP contribution in [0, 0.1) is 6.92 Å². The Morgan fingerprint density at radius 1 is 1.00 bits per heavy atom. The molecule has 4 nitrogen and oxygen atoms in total. The van der Waals surface area contributed by atoms with Gasteiger partial charge < -0.3 is 14.1 Å². The minimum absolute atomic E-state index is 0.0440. The first-order valence-electron chi connectivity index (χ1n) is 12.0. The number of rotatable bonds is 8. The average molecular weight is 456 g/mol. The molecule has 34 heavy (non-hydrogen) atoms. The van der Waals surface area contributed by atoms with Gasteiger partial charge >= 0.3 is 0 Å². The molecule has 4 aromatic rings. The molecule has 4 rings (SSSR count). The topological polar surface area (TPSA) is 42.7 Å². The van der Waals surface area contributed by atoms with Crippen molar-refractivity contribution in [3.8, 4) is 16.9 Å². The molecule has 1 heterocycles. The monoisotopic (exact) mass is 455 g/mol. The van der Waals surface area contributed by atoms with Crippen LogP contribution in [-0.2, 0) is 4.79 Å². The molecular weight excluding hydrogens is 422 g/mol. The van der Waals surface area contributed by atoms with Crippen molar-refractivity contribution in [1.82, 2.24) is 4.90 Å². The van der Waals surface area contributed by atoms with Crippen LogP contribution in [0.15, 0.2) is 65.3 Å². The van der Waals surface area contributed by atoms with Crippen LogP contribution in [0.1, 0.15) is 44.7 Å². The molecule has 0 radical (unpaired) electrons. The minimum Gasteiger partial charge on any atom is -0.496 e. The van der Waals surface area contributed by atoms with Crippen LogP contribution in [0.3, 0.4) is 0 Å². The van der Waals surface area contributed by atoms with Crippen LogP contribution in [-0.4, -0.2) is 31.0 Å². The van der Waals surface area contributed by atoms with Crippen LogP contribution < -0.4 is 4.74 Å². The summed E-state index contributed by atoms with van der Waals surface area (Å²) >= 11 is 0. The smallest absolute Gasteiger partial charge is 0.246 e. The lowest BCUT2D eigenvalue weighted by atomic mass is 9.94. The van der Waals surface area contributed by atoms with Gasteiger partial charge in [0, 0.05) is 41.2 Å². The van der Waals surface area contributed by atoms with Crippen LogP contribution in [0.5, 0.6) is 5.75 Å². The molecule has 0 aliphatic carbocycles. The van der Waals surface area contributed by atoms with E-state index in [4.69, 9.17) is 9.15 Å². The summed E-state index contributed by atoms with van der Waals surface area (Å²) in [5.41, 5.74) is 5.70. The number of ether oxygens (including phenoxy) is 1. The Hall–Kier alpha value is -3.53. The summed E-state index contributed by atoms with van der Waals surface area (Å²) in [7, 11) is 1.67. The summed E-state index contributed by atoms with van der Waals surface area (Å²) in [6, 6.07) is 16.8. The van der Waals surface area contributed by atoms with Gasteiger partial charge in [0.2, 0.25) is 5.91 Å². The zero-order valence-electron chi connectivity index (χ0n) is 20.8. The van der Waals surface area contributed by atoms with Crippen molar-refractivity contribution in [2.24, 2.45) is 0 Å². The van der Waals surface area contributed by atoms with Crippen molar-refractivity contribution in [3.63, 3.8) is 0 Å². The number of carbonyl (C=O) groups excluding carboxylic acids is 1. The number of benzene rings is 3. The largest absolute Gasteiger partial charge is 0.496 e. The Kier molecular flexibility index (Phi) is 7.06. The number of amides is 1. The van der Waals surface area contributed by atoms with Gasteiger partial charge in [0.1, 0.15) is 11.3 Å². The maximum Gasteiger partial charge on any atom is 0.246 e. The Balaban J connectivity index is 1.87. The highest BCUT2D eigenvalue weighted by atomic mass is 16.5. The molecule has 0 aliphatic heterocycles. The number of hydrogen-bond acceptors (Lipinski definition) is 3. The van der Waals surface area contributed by atoms with E-state index in [1.165, 1.54) is 10.8 Å². The summed E-state index contributed by atoms with van der Waals surface area (Å²) in [6.45, 7) is 9.71. The van der Waals surface area contributed by atoms with Gasteiger partial charge in [-0.15, -0.1) is 0 Å². The zero-order chi connectivity index (χ0) is 24.2. The average Bonchev–Trinajstić information content (AvgIpc) is 3.27. The van der Waals surface area contributed by atoms with Crippen molar-refractivity contribution < 1.29 is 13.9 Å². The van der Waals surface area contributed by atoms with Crippen LogP contribution in [0.25, 0.3) is 38.4 Å². The summed E-state index contributed by atoms with van der Waals surface area (Å²) in [5.74, 6) is 0.785. The highest BCUT2D eigenvalue weighted by Crippen LogP contribution is 2.42. The van der Waals surface area contributed by atoms with Gasteiger partial charge in [0.25, 0.3) is 0 Å². The second-order valence-electron chi connectivity index (χ2n) is 8.79. The van der Waals surface area contributed by atoms with E-state index in [0.717, 1.165) is 70.5 Å². The Morgan fingerprint density at radius 2 is 1.71 bits per heavy atom. The number of methoxy groups -OCH3 is 1. The molecular formula is C30H33NO3. The SMILES string of the molecule is CCCN(CCC)C(=O)/C=C(\C)c1cc2c(-c3cccc4ccccc34)coc2c(C)c1OC. The quantitative estimate of drug-likeness (QED) is 0.257. The predicted molar refractivity (Wildman–Crippen MR) is 141 cm³/mol. The summed E-state index contributed by atoms with van der Waals surface area (Å²) < 4.78 is 11.9. The van der Waals surface area contributed by atoms with E-state index in [9.17, 15) is 4.79 Å². The first-order valence-corrected chi connectivity index (χ1v) is 12.0. The third kappa shape index (κ3) is 4.33. The summed E-state index contributed by atoms with van der Waals surface area (Å²) in [6.07, 6.45) is 5.45. The standard InChI is InChI=1S/C30H33NO3/c1-6-15-31(16-7-2)28(32)17-20(3)25-18-26-27(19-34-30(26)21(4)29(25)33-5)24-14-10-12-22-11-8-9-13-23(22)24/h8-14,17-19H,6-7,15-16H2,1-5H3/b20-17+. The normalized spacial score (nSPS) is 11.9. The van der Waals surface area contributed by atoms with E-state index in [-0.39, 0.29) is 5.91 Å². The number of hydrogen-bond donors (Lipinski definition) is 0. The molecule has 0 spiro atoms. The molecule has 4 heteroatoms. The highest BCUT2D eigenvalue weighted by molar-refractivity contribution is 6.07. The van der Waals surface area contributed by atoms with E-state index >= 15 is 0 Å². The Bertz CT molecular complexity index is 1350. The minimum atomic E-state index is 0.0440. The maximum atomic E-state index is 13.0. The van der Waals surface area contributed by atoms with Crippen molar-refractivity contribution in [1.29, 1.82) is 0 Å². The van der Waals surface area contributed by atoms with Crippen molar-refractivity contribution in [3.05, 3.63) is 72.0 Å². The second kappa shape index (κ2) is 10.2. The molecule has 3 aromatic carbocycles. The Labute approximate surface area is 201 Å². The third-order valence-corrected chi connectivity index (χ3v) is 6.39. The second-order valence-corrected chi connectivity index (χ2v) is 8.79. The van der Waals surface area contributed by atoms with Crippen LogP contribution >= 0.6 is 0 Å². The molecule has 1 amide bonds. The highest BCUT2D eigenvalue weighted by Gasteiger charge is 2.20. The molecule has 0 atom stereocenters. The van der Waals surface area contributed by atoms with Crippen molar-refractivity contribution >= 4 is 33.2 Å². The fourth-order valence-corrected chi connectivity index (χ4v) is 4.77. The molecule has 0 saturated carbocycles. The fourth-order valence-electron chi connectivity index (χ4n) is 4.77. The number of allylic oxidation sites excluding steroid dienone is 1. The van der Waals surface area contributed by atoms with Gasteiger partial charge in [-0.25, -0.2) is 0 Å². The summed E-state index contributed by atoms with van der Waals surface area (Å²) in [4.78, 5) is 14.9. The first-order chi connectivity index (χ1) is 16.5. The lowest BCUT2D eigenvalue weighted by Crippen LogP contribution is -2.31. The third-order valence-electron chi connectivity index (χ3n) is 6.39. The van der Waals surface area contributed by atoms with E-state index in [0.29, 0.717) is 0 Å². The number of fused-ring (bicyclic) bond motifs is 2. The van der Waals surface area contributed by atoms with Gasteiger partial charge in [0.05, 0.1) is 13.4 Å². The molecule has 0 saturated heterocycles. The van der Waals surface area contributed by atoms with Gasteiger partial charge in [-0.1, -0.05) is 56.3 Å². The molecule has 0 fully saturated rings. The maximum absolute atomic E-state index is 13.0. The van der Waals surface area contributed by atoms with Crippen molar-refractivity contribution in [2.45, 2.75) is 40.5 Å². The molecule has 176 valence electrons.